The van der Waals surface area contributed by atoms with Gasteiger partial charge in [0, 0.05) is 47.5 Å². The summed E-state index contributed by atoms with van der Waals surface area (Å²) >= 11 is 0. The number of benzene rings is 1. The van der Waals surface area contributed by atoms with Gasteiger partial charge in [-0.05, 0) is 70.5 Å². The van der Waals surface area contributed by atoms with E-state index in [0.29, 0.717) is 18.5 Å². The molecular formula is C24H30N4O3S. The second-order valence-corrected chi connectivity index (χ2v) is 11.0. The molecule has 1 fully saturated rings. The predicted octanol–water partition coefficient (Wildman–Crippen LogP) is 3.54. The van der Waals surface area contributed by atoms with E-state index in [-0.39, 0.29) is 23.5 Å². The number of aromatic nitrogens is 3. The molecule has 170 valence electrons. The number of hydrogen-bond acceptors (Lipinski definition) is 4. The van der Waals surface area contributed by atoms with Crippen LogP contribution in [0.15, 0.2) is 36.4 Å². The molecule has 1 aliphatic heterocycles. The Kier molecular flexibility index (Phi) is 5.75. The molecule has 0 bridgehead atoms. The molecule has 1 saturated heterocycles. The molecule has 0 saturated carbocycles. The average molecular weight is 455 g/mol. The number of nitrogens with zero attached hydrogens (tertiary/aromatic N) is 4. The minimum atomic E-state index is -2.99. The van der Waals surface area contributed by atoms with Crippen LogP contribution in [0.4, 0.5) is 0 Å². The van der Waals surface area contributed by atoms with Crippen LogP contribution in [0.2, 0.25) is 0 Å². The molecule has 32 heavy (non-hydrogen) atoms. The number of aryl methyl sites for hydroxylation is 3. The third-order valence-electron chi connectivity index (χ3n) is 6.41. The highest BCUT2D eigenvalue weighted by atomic mass is 32.2. The van der Waals surface area contributed by atoms with Crippen LogP contribution >= 0.6 is 0 Å². The van der Waals surface area contributed by atoms with Gasteiger partial charge in [-0.3, -0.25) is 9.48 Å². The van der Waals surface area contributed by atoms with E-state index in [4.69, 9.17) is 0 Å². The van der Waals surface area contributed by atoms with E-state index in [1.54, 1.807) is 11.9 Å². The van der Waals surface area contributed by atoms with Gasteiger partial charge in [-0.15, -0.1) is 0 Å². The summed E-state index contributed by atoms with van der Waals surface area (Å²) < 4.78 is 27.8. The lowest BCUT2D eigenvalue weighted by Gasteiger charge is -2.19. The van der Waals surface area contributed by atoms with E-state index < -0.39 is 9.84 Å². The Labute approximate surface area is 189 Å². The Morgan fingerprint density at radius 2 is 1.69 bits per heavy atom. The first-order valence-corrected chi connectivity index (χ1v) is 12.7. The van der Waals surface area contributed by atoms with E-state index in [0.717, 1.165) is 34.0 Å². The van der Waals surface area contributed by atoms with Crippen LogP contribution in [0.5, 0.6) is 0 Å². The van der Waals surface area contributed by atoms with Crippen LogP contribution in [-0.4, -0.2) is 52.1 Å². The summed E-state index contributed by atoms with van der Waals surface area (Å²) in [5, 5.41) is 4.61. The molecule has 1 aliphatic rings. The Hall–Kier alpha value is -2.87. The lowest BCUT2D eigenvalue weighted by Crippen LogP contribution is -2.26. The van der Waals surface area contributed by atoms with Crippen molar-refractivity contribution in [1.82, 2.24) is 19.2 Å². The summed E-state index contributed by atoms with van der Waals surface area (Å²) in [6.07, 6.45) is 0.588. The number of carbonyl (C=O) groups excluding carboxylic acids is 1. The molecule has 0 N–H and O–H groups in total. The van der Waals surface area contributed by atoms with E-state index in [2.05, 4.69) is 35.6 Å². The van der Waals surface area contributed by atoms with Gasteiger partial charge in [-0.25, -0.2) is 8.42 Å². The molecule has 3 aromatic rings. The maximum Gasteiger partial charge on any atom is 0.253 e. The highest BCUT2D eigenvalue weighted by molar-refractivity contribution is 7.91. The Morgan fingerprint density at radius 1 is 1.06 bits per heavy atom. The first-order chi connectivity index (χ1) is 15.1. The minimum absolute atomic E-state index is 0.0625. The Bertz CT molecular complexity index is 1250. The van der Waals surface area contributed by atoms with Crippen LogP contribution in [0.1, 0.15) is 51.2 Å². The van der Waals surface area contributed by atoms with Crippen LogP contribution in [0, 0.1) is 27.7 Å². The van der Waals surface area contributed by atoms with Crippen LogP contribution < -0.4 is 0 Å². The molecule has 0 spiro atoms. The van der Waals surface area contributed by atoms with E-state index in [1.807, 2.05) is 42.8 Å². The lowest BCUT2D eigenvalue weighted by molar-refractivity contribution is 0.0784. The summed E-state index contributed by atoms with van der Waals surface area (Å²) in [5.74, 6) is 0.282. The van der Waals surface area contributed by atoms with Crippen molar-refractivity contribution in [3.63, 3.8) is 0 Å². The van der Waals surface area contributed by atoms with Crippen molar-refractivity contribution in [1.29, 1.82) is 0 Å². The molecule has 1 aromatic carbocycles. The van der Waals surface area contributed by atoms with E-state index >= 15 is 0 Å². The van der Waals surface area contributed by atoms with Gasteiger partial charge in [0.25, 0.3) is 5.91 Å². The molecule has 7 nitrogen and oxygen atoms in total. The summed E-state index contributed by atoms with van der Waals surface area (Å²) in [7, 11) is -1.20. The van der Waals surface area contributed by atoms with Crippen molar-refractivity contribution >= 4 is 15.7 Å². The molecule has 1 amide bonds. The Balaban J connectivity index is 1.51. The molecule has 1 unspecified atom stereocenters. The smallest absolute Gasteiger partial charge is 0.253 e. The number of carbonyl (C=O) groups is 1. The van der Waals surface area contributed by atoms with Gasteiger partial charge in [0.05, 0.1) is 23.2 Å². The summed E-state index contributed by atoms with van der Waals surface area (Å²) in [6.45, 7) is 8.41. The van der Waals surface area contributed by atoms with Crippen molar-refractivity contribution < 1.29 is 13.2 Å². The largest absolute Gasteiger partial charge is 0.337 e. The number of amides is 1. The zero-order valence-electron chi connectivity index (χ0n) is 19.3. The number of rotatable bonds is 5. The van der Waals surface area contributed by atoms with Crippen molar-refractivity contribution in [3.05, 3.63) is 70.3 Å². The fourth-order valence-corrected chi connectivity index (χ4v) is 6.30. The number of sulfone groups is 1. The first-order valence-electron chi connectivity index (χ1n) is 10.8. The molecule has 8 heteroatoms. The van der Waals surface area contributed by atoms with Crippen LogP contribution in [-0.2, 0) is 16.4 Å². The van der Waals surface area contributed by atoms with Gasteiger partial charge in [-0.1, -0.05) is 0 Å². The summed E-state index contributed by atoms with van der Waals surface area (Å²) in [4.78, 5) is 14.8. The molecule has 1 atom stereocenters. The molecule has 0 aliphatic carbocycles. The fourth-order valence-electron chi connectivity index (χ4n) is 4.61. The predicted molar refractivity (Wildman–Crippen MR) is 125 cm³/mol. The van der Waals surface area contributed by atoms with Gasteiger partial charge in [0.1, 0.15) is 0 Å². The summed E-state index contributed by atoms with van der Waals surface area (Å²) in [6, 6.07) is 11.7. The van der Waals surface area contributed by atoms with Crippen LogP contribution in [0.25, 0.3) is 5.69 Å². The normalized spacial score (nSPS) is 17.6. The maximum absolute atomic E-state index is 13.1. The van der Waals surface area contributed by atoms with Crippen molar-refractivity contribution in [2.75, 3.05) is 18.6 Å². The molecule has 2 aromatic heterocycles. The maximum atomic E-state index is 13.1. The van der Waals surface area contributed by atoms with E-state index in [9.17, 15) is 13.2 Å². The fraction of sp³-hybridized carbons (Fsp3) is 0.417. The van der Waals surface area contributed by atoms with Crippen molar-refractivity contribution in [3.8, 4) is 5.69 Å². The van der Waals surface area contributed by atoms with Gasteiger partial charge in [0.2, 0.25) is 0 Å². The van der Waals surface area contributed by atoms with Crippen LogP contribution in [0.3, 0.4) is 0 Å². The topological polar surface area (TPSA) is 77.2 Å². The Morgan fingerprint density at radius 3 is 2.25 bits per heavy atom. The third kappa shape index (κ3) is 4.11. The zero-order valence-corrected chi connectivity index (χ0v) is 20.1. The van der Waals surface area contributed by atoms with Gasteiger partial charge >= 0.3 is 0 Å². The molecule has 3 heterocycles. The molecule has 0 radical (unpaired) electrons. The van der Waals surface area contributed by atoms with Gasteiger partial charge < -0.3 is 9.47 Å². The average Bonchev–Trinajstić information content (AvgIpc) is 3.37. The standard InChI is InChI=1S/C24H30N4O3S/c1-16-6-7-17(2)27(16)21-10-8-20(9-11-21)24(29)26(5)14-23-18(3)25-28(19(23)4)22-12-13-32(30,31)15-22/h6-11,22H,12-15H2,1-5H3. The first kappa shape index (κ1) is 22.3. The highest BCUT2D eigenvalue weighted by Crippen LogP contribution is 2.27. The molecular weight excluding hydrogens is 424 g/mol. The van der Waals surface area contributed by atoms with Crippen molar-refractivity contribution in [2.45, 2.75) is 46.7 Å². The van der Waals surface area contributed by atoms with Gasteiger partial charge in [0.15, 0.2) is 9.84 Å². The zero-order chi connectivity index (χ0) is 23.2. The summed E-state index contributed by atoms with van der Waals surface area (Å²) in [5.41, 5.74) is 6.69. The SMILES string of the molecule is Cc1nn(C2CCS(=O)(=O)C2)c(C)c1CN(C)C(=O)c1ccc(-n2c(C)ccc2C)cc1. The lowest BCUT2D eigenvalue weighted by atomic mass is 10.1. The third-order valence-corrected chi connectivity index (χ3v) is 8.17. The monoisotopic (exact) mass is 454 g/mol. The second-order valence-electron chi connectivity index (χ2n) is 8.81. The minimum Gasteiger partial charge on any atom is -0.337 e. The highest BCUT2D eigenvalue weighted by Gasteiger charge is 2.31. The van der Waals surface area contributed by atoms with Gasteiger partial charge in [-0.2, -0.15) is 5.10 Å². The molecule has 4 rings (SSSR count). The van der Waals surface area contributed by atoms with E-state index in [1.165, 1.54) is 0 Å². The number of hydrogen-bond donors (Lipinski definition) is 0. The van der Waals surface area contributed by atoms with Crippen molar-refractivity contribution in [2.24, 2.45) is 0 Å². The quantitative estimate of drug-likeness (QED) is 0.591. The second kappa shape index (κ2) is 8.24.